The van der Waals surface area contributed by atoms with Crippen molar-refractivity contribution in [1.82, 2.24) is 19.7 Å². The standard InChI is InChI=1S/C20H15F2N5O3/c1-11(18-16(9-14(22)10-23-18)27-6-2-5-24-27)30-17-8-12-7-13(21)3-4-15(12)25-19(17)26-20(28)29/h2-11H,1H3,(H,25,26)(H,28,29)/t11-/m0/s1. The molecule has 0 aliphatic carbocycles. The van der Waals surface area contributed by atoms with E-state index in [1.807, 2.05) is 0 Å². The first-order valence-electron chi connectivity index (χ1n) is 8.83. The molecule has 4 aromatic rings. The van der Waals surface area contributed by atoms with Gasteiger partial charge in [-0.15, -0.1) is 0 Å². The van der Waals surface area contributed by atoms with Gasteiger partial charge in [-0.25, -0.2) is 23.2 Å². The number of pyridine rings is 2. The smallest absolute Gasteiger partial charge is 0.410 e. The van der Waals surface area contributed by atoms with Gasteiger partial charge in [0.25, 0.3) is 0 Å². The Kier molecular flexibility index (Phi) is 4.97. The van der Waals surface area contributed by atoms with Crippen LogP contribution in [0.5, 0.6) is 5.75 Å². The maximum atomic E-state index is 13.8. The normalized spacial score (nSPS) is 12.0. The summed E-state index contributed by atoms with van der Waals surface area (Å²) in [5.41, 5.74) is 1.11. The van der Waals surface area contributed by atoms with Crippen LogP contribution in [0, 0.1) is 11.6 Å². The summed E-state index contributed by atoms with van der Waals surface area (Å²) in [6.45, 7) is 1.66. The highest BCUT2D eigenvalue weighted by Gasteiger charge is 2.20. The number of aromatic nitrogens is 4. The Morgan fingerprint density at radius 3 is 2.80 bits per heavy atom. The molecule has 0 saturated heterocycles. The molecular weight excluding hydrogens is 396 g/mol. The number of nitrogens with zero attached hydrogens (tertiary/aromatic N) is 4. The van der Waals surface area contributed by atoms with Gasteiger partial charge in [-0.1, -0.05) is 0 Å². The van der Waals surface area contributed by atoms with E-state index in [0.29, 0.717) is 22.3 Å². The number of rotatable bonds is 5. The number of hydrogen-bond donors (Lipinski definition) is 2. The van der Waals surface area contributed by atoms with E-state index in [4.69, 9.17) is 9.84 Å². The van der Waals surface area contributed by atoms with Gasteiger partial charge in [0.05, 0.1) is 17.4 Å². The van der Waals surface area contributed by atoms with Crippen molar-refractivity contribution < 1.29 is 23.4 Å². The van der Waals surface area contributed by atoms with Gasteiger partial charge in [0.2, 0.25) is 0 Å². The van der Waals surface area contributed by atoms with E-state index in [0.717, 1.165) is 6.20 Å². The van der Waals surface area contributed by atoms with Crippen molar-refractivity contribution in [1.29, 1.82) is 0 Å². The summed E-state index contributed by atoms with van der Waals surface area (Å²) in [7, 11) is 0. The highest BCUT2D eigenvalue weighted by atomic mass is 19.1. The van der Waals surface area contributed by atoms with Gasteiger partial charge in [0, 0.05) is 23.8 Å². The van der Waals surface area contributed by atoms with Gasteiger partial charge in [-0.3, -0.25) is 10.3 Å². The Morgan fingerprint density at radius 1 is 1.23 bits per heavy atom. The van der Waals surface area contributed by atoms with E-state index in [1.54, 1.807) is 19.2 Å². The number of hydrogen-bond acceptors (Lipinski definition) is 5. The molecule has 0 saturated carbocycles. The molecule has 3 aromatic heterocycles. The Bertz CT molecular complexity index is 1230. The molecule has 30 heavy (non-hydrogen) atoms. The molecule has 0 aliphatic rings. The van der Waals surface area contributed by atoms with Crippen molar-refractivity contribution in [2.24, 2.45) is 0 Å². The lowest BCUT2D eigenvalue weighted by atomic mass is 10.2. The van der Waals surface area contributed by atoms with Gasteiger partial charge < -0.3 is 9.84 Å². The fraction of sp³-hybridized carbons (Fsp3) is 0.100. The molecule has 0 radical (unpaired) electrons. The van der Waals surface area contributed by atoms with Crippen molar-refractivity contribution in [2.45, 2.75) is 13.0 Å². The minimum atomic E-state index is -1.33. The predicted octanol–water partition coefficient (Wildman–Crippen LogP) is 4.32. The minimum absolute atomic E-state index is 0.0591. The fourth-order valence-corrected chi connectivity index (χ4v) is 3.00. The average molecular weight is 411 g/mol. The minimum Gasteiger partial charge on any atom is -0.480 e. The number of nitrogens with one attached hydrogen (secondary N) is 1. The second kappa shape index (κ2) is 7.74. The summed E-state index contributed by atoms with van der Waals surface area (Å²) in [5, 5.41) is 15.8. The van der Waals surface area contributed by atoms with Crippen LogP contribution in [-0.2, 0) is 0 Å². The Hall–Kier alpha value is -4.08. The van der Waals surface area contributed by atoms with Gasteiger partial charge >= 0.3 is 6.09 Å². The highest BCUT2D eigenvalue weighted by molar-refractivity contribution is 5.89. The van der Waals surface area contributed by atoms with Crippen molar-refractivity contribution in [2.75, 3.05) is 5.32 Å². The number of carboxylic acid groups (broad SMARTS) is 1. The quantitative estimate of drug-likeness (QED) is 0.507. The summed E-state index contributed by atoms with van der Waals surface area (Å²) in [6, 6.07) is 8.33. The zero-order chi connectivity index (χ0) is 21.3. The van der Waals surface area contributed by atoms with Gasteiger partial charge in [0.15, 0.2) is 11.6 Å². The van der Waals surface area contributed by atoms with Gasteiger partial charge in [-0.2, -0.15) is 5.10 Å². The summed E-state index contributed by atoms with van der Waals surface area (Å²) in [6.07, 6.45) is 2.14. The monoisotopic (exact) mass is 411 g/mol. The van der Waals surface area contributed by atoms with E-state index in [2.05, 4.69) is 20.4 Å². The number of halogens is 2. The van der Waals surface area contributed by atoms with Crippen LogP contribution in [0.2, 0.25) is 0 Å². The van der Waals surface area contributed by atoms with Crippen LogP contribution in [0.4, 0.5) is 19.4 Å². The Morgan fingerprint density at radius 2 is 2.07 bits per heavy atom. The number of amides is 1. The van der Waals surface area contributed by atoms with Gasteiger partial charge in [0.1, 0.15) is 23.4 Å². The number of carbonyl (C=O) groups is 1. The van der Waals surface area contributed by atoms with Crippen LogP contribution in [-0.4, -0.2) is 30.9 Å². The molecule has 4 rings (SSSR count). The maximum Gasteiger partial charge on any atom is 0.410 e. The van der Waals surface area contributed by atoms with Crippen molar-refractivity contribution >= 4 is 22.8 Å². The van der Waals surface area contributed by atoms with Gasteiger partial charge in [-0.05, 0) is 37.3 Å². The third-order valence-corrected chi connectivity index (χ3v) is 4.27. The molecule has 0 aliphatic heterocycles. The van der Waals surface area contributed by atoms with E-state index in [9.17, 15) is 13.6 Å². The number of benzene rings is 1. The Balaban J connectivity index is 1.76. The lowest BCUT2D eigenvalue weighted by Gasteiger charge is -2.19. The molecule has 10 heteroatoms. The number of anilines is 1. The lowest BCUT2D eigenvalue weighted by molar-refractivity contribution is 0.207. The van der Waals surface area contributed by atoms with Crippen molar-refractivity contribution in [3.05, 3.63) is 72.3 Å². The van der Waals surface area contributed by atoms with Crippen LogP contribution in [0.25, 0.3) is 16.6 Å². The molecule has 152 valence electrons. The van der Waals surface area contributed by atoms with E-state index in [-0.39, 0.29) is 11.6 Å². The molecule has 1 atom stereocenters. The molecule has 8 nitrogen and oxygen atoms in total. The molecular formula is C20H15F2N5O3. The van der Waals surface area contributed by atoms with Crippen LogP contribution < -0.4 is 10.1 Å². The molecule has 0 unspecified atom stereocenters. The largest absolute Gasteiger partial charge is 0.480 e. The second-order valence-corrected chi connectivity index (χ2v) is 6.37. The third-order valence-electron chi connectivity index (χ3n) is 4.27. The first kappa shape index (κ1) is 19.2. The lowest BCUT2D eigenvalue weighted by Crippen LogP contribution is -2.14. The predicted molar refractivity (Wildman–Crippen MR) is 104 cm³/mol. The molecule has 0 spiro atoms. The summed E-state index contributed by atoms with van der Waals surface area (Å²) < 4.78 is 34.8. The average Bonchev–Trinajstić information content (AvgIpc) is 3.22. The fourth-order valence-electron chi connectivity index (χ4n) is 3.00. The zero-order valence-corrected chi connectivity index (χ0v) is 15.6. The van der Waals surface area contributed by atoms with Crippen molar-refractivity contribution in [3.8, 4) is 11.4 Å². The topological polar surface area (TPSA) is 102 Å². The van der Waals surface area contributed by atoms with E-state index >= 15 is 0 Å². The summed E-state index contributed by atoms with van der Waals surface area (Å²) >= 11 is 0. The summed E-state index contributed by atoms with van der Waals surface area (Å²) in [4.78, 5) is 19.5. The number of fused-ring (bicyclic) bond motifs is 1. The Labute approximate surface area is 168 Å². The molecule has 0 bridgehead atoms. The second-order valence-electron chi connectivity index (χ2n) is 6.37. The molecule has 2 N–H and O–H groups in total. The summed E-state index contributed by atoms with van der Waals surface area (Å²) in [5.74, 6) is -1.01. The molecule has 1 aromatic carbocycles. The van der Waals surface area contributed by atoms with Crippen LogP contribution in [0.3, 0.4) is 0 Å². The molecule has 0 fully saturated rings. The highest BCUT2D eigenvalue weighted by Crippen LogP contribution is 2.32. The number of ether oxygens (including phenoxy) is 1. The first-order chi connectivity index (χ1) is 14.4. The van der Waals surface area contributed by atoms with E-state index < -0.39 is 23.8 Å². The first-order valence-corrected chi connectivity index (χ1v) is 8.83. The van der Waals surface area contributed by atoms with Crippen LogP contribution in [0.1, 0.15) is 18.7 Å². The van der Waals surface area contributed by atoms with Crippen LogP contribution >= 0.6 is 0 Å². The molecule has 1 amide bonds. The van der Waals surface area contributed by atoms with E-state index in [1.165, 1.54) is 41.2 Å². The maximum absolute atomic E-state index is 13.8. The molecule has 3 heterocycles. The SMILES string of the molecule is C[C@H](Oc1cc2cc(F)ccc2nc1NC(=O)O)c1ncc(F)cc1-n1cccn1. The van der Waals surface area contributed by atoms with Crippen molar-refractivity contribution in [3.63, 3.8) is 0 Å². The van der Waals surface area contributed by atoms with Crippen LogP contribution in [0.15, 0.2) is 55.0 Å². The third kappa shape index (κ3) is 3.88. The zero-order valence-electron chi connectivity index (χ0n) is 15.6.